The molecule has 0 bridgehead atoms. The third-order valence-corrected chi connectivity index (χ3v) is 3.19. The van der Waals surface area contributed by atoms with Crippen LogP contribution in [0.4, 0.5) is 17.6 Å². The summed E-state index contributed by atoms with van der Waals surface area (Å²) in [6.07, 6.45) is 0. The average Bonchev–Trinajstić information content (AvgIpc) is 2.36. The summed E-state index contributed by atoms with van der Waals surface area (Å²) in [5.41, 5.74) is -0.565. The minimum atomic E-state index is -1.36. The topological polar surface area (TPSA) is 9.23 Å². The molecule has 0 saturated carbocycles. The first-order chi connectivity index (χ1) is 9.42. The summed E-state index contributed by atoms with van der Waals surface area (Å²) in [7, 11) is 1.26. The fourth-order valence-electron chi connectivity index (χ4n) is 1.81. The summed E-state index contributed by atoms with van der Waals surface area (Å²) < 4.78 is 58.6. The average molecular weight is 305 g/mol. The van der Waals surface area contributed by atoms with Gasteiger partial charge in [0.15, 0.2) is 0 Å². The molecule has 0 aromatic heterocycles. The lowest BCUT2D eigenvalue weighted by molar-refractivity contribution is 0.405. The third kappa shape index (κ3) is 2.88. The van der Waals surface area contributed by atoms with Gasteiger partial charge in [-0.15, -0.1) is 11.6 Å². The van der Waals surface area contributed by atoms with E-state index in [-0.39, 0.29) is 11.3 Å². The molecule has 0 saturated heterocycles. The summed E-state index contributed by atoms with van der Waals surface area (Å²) in [5, 5.41) is -1.36. The standard InChI is InChI=1S/C14H9ClF4O/c1-20-10-5-11(18)13(12(19)6-10)14(15)7-2-8(16)4-9(17)3-7/h2-6,14H,1H3. The Hall–Kier alpha value is -1.75. The molecule has 2 aromatic rings. The van der Waals surface area contributed by atoms with Crippen molar-refractivity contribution in [2.45, 2.75) is 5.38 Å². The minimum absolute atomic E-state index is 0.0157. The van der Waals surface area contributed by atoms with Crippen molar-refractivity contribution in [3.8, 4) is 5.75 Å². The lowest BCUT2D eigenvalue weighted by Crippen LogP contribution is -2.03. The largest absolute Gasteiger partial charge is 0.497 e. The Labute approximate surface area is 117 Å². The molecular formula is C14H9ClF4O. The Balaban J connectivity index is 2.50. The van der Waals surface area contributed by atoms with Crippen molar-refractivity contribution in [1.82, 2.24) is 0 Å². The van der Waals surface area contributed by atoms with Crippen LogP contribution in [0, 0.1) is 23.3 Å². The van der Waals surface area contributed by atoms with E-state index in [2.05, 4.69) is 0 Å². The molecule has 2 rings (SSSR count). The lowest BCUT2D eigenvalue weighted by Gasteiger charge is -2.14. The molecule has 0 amide bonds. The van der Waals surface area contributed by atoms with Gasteiger partial charge in [0.05, 0.1) is 12.5 Å². The molecule has 20 heavy (non-hydrogen) atoms. The van der Waals surface area contributed by atoms with E-state index >= 15 is 0 Å². The molecule has 0 aliphatic heterocycles. The van der Waals surface area contributed by atoms with Crippen LogP contribution in [0.25, 0.3) is 0 Å². The Morgan fingerprint density at radius 2 is 1.40 bits per heavy atom. The van der Waals surface area contributed by atoms with E-state index in [9.17, 15) is 17.6 Å². The van der Waals surface area contributed by atoms with Crippen LogP contribution in [0.2, 0.25) is 0 Å². The van der Waals surface area contributed by atoms with Crippen molar-refractivity contribution in [3.63, 3.8) is 0 Å². The summed E-state index contributed by atoms with van der Waals surface area (Å²) in [6, 6.07) is 4.38. The maximum Gasteiger partial charge on any atom is 0.134 e. The van der Waals surface area contributed by atoms with Crippen LogP contribution in [-0.4, -0.2) is 7.11 Å². The van der Waals surface area contributed by atoms with Crippen molar-refractivity contribution in [1.29, 1.82) is 0 Å². The van der Waals surface area contributed by atoms with E-state index in [4.69, 9.17) is 16.3 Å². The molecule has 106 valence electrons. The zero-order valence-corrected chi connectivity index (χ0v) is 11.0. The Kier molecular flexibility index (Phi) is 4.18. The lowest BCUT2D eigenvalue weighted by atomic mass is 10.0. The van der Waals surface area contributed by atoms with E-state index in [0.717, 1.165) is 24.3 Å². The van der Waals surface area contributed by atoms with Crippen molar-refractivity contribution >= 4 is 11.6 Å². The predicted molar refractivity (Wildman–Crippen MR) is 67.0 cm³/mol. The highest BCUT2D eigenvalue weighted by atomic mass is 35.5. The second kappa shape index (κ2) is 5.71. The monoisotopic (exact) mass is 304 g/mol. The Morgan fingerprint density at radius 3 is 1.85 bits per heavy atom. The van der Waals surface area contributed by atoms with Gasteiger partial charge >= 0.3 is 0 Å². The van der Waals surface area contributed by atoms with Crippen molar-refractivity contribution < 1.29 is 22.3 Å². The second-order valence-corrected chi connectivity index (χ2v) is 4.51. The molecule has 0 N–H and O–H groups in total. The molecule has 0 aliphatic rings. The number of halogens is 5. The fourth-order valence-corrected chi connectivity index (χ4v) is 2.14. The van der Waals surface area contributed by atoms with Crippen LogP contribution in [-0.2, 0) is 0 Å². The maximum absolute atomic E-state index is 13.8. The third-order valence-electron chi connectivity index (χ3n) is 2.72. The molecule has 0 radical (unpaired) electrons. The molecule has 0 heterocycles. The number of ether oxygens (including phenoxy) is 1. The maximum atomic E-state index is 13.8. The van der Waals surface area contributed by atoms with E-state index in [1.807, 2.05) is 0 Å². The minimum Gasteiger partial charge on any atom is -0.497 e. The van der Waals surface area contributed by atoms with Crippen LogP contribution in [0.1, 0.15) is 16.5 Å². The van der Waals surface area contributed by atoms with Crippen LogP contribution >= 0.6 is 11.6 Å². The highest BCUT2D eigenvalue weighted by Gasteiger charge is 2.22. The molecule has 0 fully saturated rings. The molecule has 1 atom stereocenters. The quantitative estimate of drug-likeness (QED) is 0.596. The zero-order valence-electron chi connectivity index (χ0n) is 10.3. The van der Waals surface area contributed by atoms with Gasteiger partial charge in [-0.2, -0.15) is 0 Å². The Bertz CT molecular complexity index is 602. The van der Waals surface area contributed by atoms with Gasteiger partial charge < -0.3 is 4.74 Å². The number of hydrogen-bond donors (Lipinski definition) is 0. The summed E-state index contributed by atoms with van der Waals surface area (Å²) >= 11 is 5.93. The van der Waals surface area contributed by atoms with Gasteiger partial charge in [0.1, 0.15) is 29.0 Å². The van der Waals surface area contributed by atoms with Crippen molar-refractivity contribution in [2.75, 3.05) is 7.11 Å². The summed E-state index contributed by atoms with van der Waals surface area (Å²) in [4.78, 5) is 0. The first-order valence-electron chi connectivity index (χ1n) is 5.55. The molecule has 2 aromatic carbocycles. The number of rotatable bonds is 3. The number of hydrogen-bond acceptors (Lipinski definition) is 1. The van der Waals surface area contributed by atoms with Gasteiger partial charge in [-0.3, -0.25) is 0 Å². The van der Waals surface area contributed by atoms with E-state index < -0.39 is 34.2 Å². The highest BCUT2D eigenvalue weighted by Crippen LogP contribution is 2.35. The van der Waals surface area contributed by atoms with Crippen molar-refractivity contribution in [3.05, 3.63) is 64.7 Å². The number of benzene rings is 2. The van der Waals surface area contributed by atoms with Crippen LogP contribution in [0.15, 0.2) is 30.3 Å². The van der Waals surface area contributed by atoms with Crippen molar-refractivity contribution in [2.24, 2.45) is 0 Å². The predicted octanol–water partition coefficient (Wildman–Crippen LogP) is 4.58. The second-order valence-electron chi connectivity index (χ2n) is 4.07. The molecule has 0 aliphatic carbocycles. The molecular weight excluding hydrogens is 296 g/mol. The molecule has 1 nitrogen and oxygen atoms in total. The van der Waals surface area contributed by atoms with Gasteiger partial charge in [0, 0.05) is 23.8 Å². The molecule has 0 spiro atoms. The summed E-state index contributed by atoms with van der Waals surface area (Å²) in [5.74, 6) is -3.67. The normalized spacial score (nSPS) is 12.3. The van der Waals surface area contributed by atoms with Crippen LogP contribution in [0.5, 0.6) is 5.75 Å². The highest BCUT2D eigenvalue weighted by molar-refractivity contribution is 6.22. The van der Waals surface area contributed by atoms with Gasteiger partial charge in [0.2, 0.25) is 0 Å². The van der Waals surface area contributed by atoms with Crippen LogP contribution in [0.3, 0.4) is 0 Å². The first kappa shape index (κ1) is 14.7. The fraction of sp³-hybridized carbons (Fsp3) is 0.143. The molecule has 6 heteroatoms. The van der Waals surface area contributed by atoms with E-state index in [1.165, 1.54) is 7.11 Å². The SMILES string of the molecule is COc1cc(F)c(C(Cl)c2cc(F)cc(F)c2)c(F)c1. The Morgan fingerprint density at radius 1 is 0.900 bits per heavy atom. The van der Waals surface area contributed by atoms with Gasteiger partial charge in [-0.25, -0.2) is 17.6 Å². The first-order valence-corrected chi connectivity index (χ1v) is 5.99. The molecule has 1 unspecified atom stereocenters. The van der Waals surface area contributed by atoms with Crippen LogP contribution < -0.4 is 4.74 Å². The number of methoxy groups -OCH3 is 1. The van der Waals surface area contributed by atoms with Gasteiger partial charge in [-0.05, 0) is 17.7 Å². The van der Waals surface area contributed by atoms with Gasteiger partial charge in [0.25, 0.3) is 0 Å². The van der Waals surface area contributed by atoms with E-state index in [1.54, 1.807) is 0 Å². The smallest absolute Gasteiger partial charge is 0.134 e. The zero-order chi connectivity index (χ0) is 14.9. The number of alkyl halides is 1. The van der Waals surface area contributed by atoms with E-state index in [0.29, 0.717) is 6.07 Å². The summed E-state index contributed by atoms with van der Waals surface area (Å²) in [6.45, 7) is 0. The van der Waals surface area contributed by atoms with Gasteiger partial charge in [-0.1, -0.05) is 0 Å².